The third kappa shape index (κ3) is 3.02. The van der Waals surface area contributed by atoms with E-state index in [1.165, 1.54) is 38.5 Å². The smallest absolute Gasteiger partial charge is 0.211 e. The molecular weight excluding hydrogens is 240 g/mol. The monoisotopic (exact) mass is 262 g/mol. The zero-order valence-electron chi connectivity index (χ0n) is 11.4. The van der Waals surface area contributed by atoms with Crippen LogP contribution in [0.25, 0.3) is 0 Å². The maximum absolute atomic E-state index is 10.7. The Balaban J connectivity index is 2.30. The summed E-state index contributed by atoms with van der Waals surface area (Å²) in [6, 6.07) is 0. The van der Waals surface area contributed by atoms with Gasteiger partial charge >= 0.3 is 0 Å². The van der Waals surface area contributed by atoms with E-state index in [2.05, 4.69) is 9.98 Å². The zero-order chi connectivity index (χ0) is 13.6. The lowest BCUT2D eigenvalue weighted by Crippen LogP contribution is -2.42. The summed E-state index contributed by atoms with van der Waals surface area (Å²) in [5, 5.41) is 0. The molecule has 0 bridgehead atoms. The highest BCUT2D eigenvalue weighted by atomic mass is 16.1. The summed E-state index contributed by atoms with van der Waals surface area (Å²) in [5.74, 6) is 0.542. The Hall–Kier alpha value is -1.24. The minimum absolute atomic E-state index is 0.0898. The van der Waals surface area contributed by atoms with Crippen LogP contribution in [0.5, 0.6) is 0 Å². The van der Waals surface area contributed by atoms with Crippen molar-refractivity contribution >= 4 is 12.2 Å². The van der Waals surface area contributed by atoms with Crippen LogP contribution in [0.1, 0.15) is 64.2 Å². The summed E-state index contributed by atoms with van der Waals surface area (Å²) < 4.78 is 0. The van der Waals surface area contributed by atoms with Crippen LogP contribution < -0.4 is 0 Å². The number of rotatable bonds is 4. The van der Waals surface area contributed by atoms with Gasteiger partial charge in [0.15, 0.2) is 6.17 Å². The van der Waals surface area contributed by atoms with Gasteiger partial charge in [-0.2, -0.15) is 9.98 Å². The Kier molecular flexibility index (Phi) is 5.07. The molecule has 4 nitrogen and oxygen atoms in total. The first-order valence-electron chi connectivity index (χ1n) is 7.47. The molecule has 2 aliphatic rings. The predicted octanol–water partition coefficient (Wildman–Crippen LogP) is 3.51. The summed E-state index contributed by atoms with van der Waals surface area (Å²) in [4.78, 5) is 29.1. The average Bonchev–Trinajstić information content (AvgIpc) is 2.49. The van der Waals surface area contributed by atoms with Crippen LogP contribution >= 0.6 is 0 Å². The third-order valence-electron chi connectivity index (χ3n) is 5.07. The molecular formula is C15H22N2O2. The van der Waals surface area contributed by atoms with Crippen molar-refractivity contribution in [2.75, 3.05) is 0 Å². The van der Waals surface area contributed by atoms with Crippen LogP contribution in [0.2, 0.25) is 0 Å². The fraction of sp³-hybridized carbons (Fsp3) is 0.867. The summed E-state index contributed by atoms with van der Waals surface area (Å²) in [7, 11) is 0. The molecule has 2 aliphatic carbocycles. The Morgan fingerprint density at radius 3 is 1.89 bits per heavy atom. The van der Waals surface area contributed by atoms with Crippen molar-refractivity contribution in [1.82, 2.24) is 0 Å². The number of nitrogens with zero attached hydrogens (tertiary/aromatic N) is 2. The molecule has 0 N–H and O–H groups in total. The van der Waals surface area contributed by atoms with Crippen molar-refractivity contribution in [2.24, 2.45) is 21.3 Å². The molecule has 0 aromatic carbocycles. The van der Waals surface area contributed by atoms with Gasteiger partial charge in [0.1, 0.15) is 0 Å². The molecule has 0 aliphatic heterocycles. The molecule has 19 heavy (non-hydrogen) atoms. The molecule has 0 aromatic heterocycles. The molecule has 0 amide bonds. The fourth-order valence-electron chi connectivity index (χ4n) is 4.15. The highest BCUT2D eigenvalue weighted by Gasteiger charge is 2.46. The van der Waals surface area contributed by atoms with E-state index in [9.17, 15) is 9.59 Å². The molecule has 0 saturated heterocycles. The maximum atomic E-state index is 10.7. The number of hydrogen-bond donors (Lipinski definition) is 0. The molecule has 4 heteroatoms. The van der Waals surface area contributed by atoms with E-state index < -0.39 is 6.17 Å². The van der Waals surface area contributed by atoms with Crippen LogP contribution in [-0.4, -0.2) is 18.3 Å². The SMILES string of the molecule is O=C=NC(N=C=O)C1(C2CCCCC2)CCCCC1. The van der Waals surface area contributed by atoms with Gasteiger partial charge in [-0.15, -0.1) is 0 Å². The van der Waals surface area contributed by atoms with Gasteiger partial charge in [0.25, 0.3) is 0 Å². The molecule has 2 rings (SSSR count). The standard InChI is InChI=1S/C15H22N2O2/c18-11-16-14(17-12-19)15(9-5-2-6-10-15)13-7-3-1-4-8-13/h13-14H,1-10H2. The van der Waals surface area contributed by atoms with Gasteiger partial charge in [-0.3, -0.25) is 0 Å². The Bertz CT molecular complexity index is 365. The molecule has 104 valence electrons. The topological polar surface area (TPSA) is 58.9 Å². The number of carbonyl (C=O) groups excluding carboxylic acids is 2. The van der Waals surface area contributed by atoms with Gasteiger partial charge < -0.3 is 0 Å². The number of hydrogen-bond acceptors (Lipinski definition) is 4. The van der Waals surface area contributed by atoms with Gasteiger partial charge in [0.2, 0.25) is 12.2 Å². The Labute approximate surface area is 114 Å². The van der Waals surface area contributed by atoms with Crippen LogP contribution in [-0.2, 0) is 9.59 Å². The molecule has 0 unspecified atom stereocenters. The van der Waals surface area contributed by atoms with E-state index in [1.807, 2.05) is 0 Å². The van der Waals surface area contributed by atoms with Crippen molar-refractivity contribution in [1.29, 1.82) is 0 Å². The first-order chi connectivity index (χ1) is 9.33. The Morgan fingerprint density at radius 1 is 0.842 bits per heavy atom. The molecule has 0 spiro atoms. The van der Waals surface area contributed by atoms with Crippen molar-refractivity contribution in [3.63, 3.8) is 0 Å². The first-order valence-corrected chi connectivity index (χ1v) is 7.47. The highest BCUT2D eigenvalue weighted by molar-refractivity contribution is 5.37. The van der Waals surface area contributed by atoms with Crippen LogP contribution in [0, 0.1) is 11.3 Å². The molecule has 0 atom stereocenters. The second-order valence-electron chi connectivity index (χ2n) is 5.94. The lowest BCUT2D eigenvalue weighted by Gasteiger charge is -2.46. The Morgan fingerprint density at radius 2 is 1.37 bits per heavy atom. The minimum Gasteiger partial charge on any atom is -0.211 e. The molecule has 2 saturated carbocycles. The lowest BCUT2D eigenvalue weighted by atomic mass is 9.60. The van der Waals surface area contributed by atoms with Crippen molar-refractivity contribution in [2.45, 2.75) is 70.4 Å². The number of isocyanates is 2. The first kappa shape index (κ1) is 14.2. The average molecular weight is 262 g/mol. The fourth-order valence-corrected chi connectivity index (χ4v) is 4.15. The van der Waals surface area contributed by atoms with Crippen LogP contribution in [0.4, 0.5) is 0 Å². The van der Waals surface area contributed by atoms with Crippen LogP contribution in [0.15, 0.2) is 9.98 Å². The largest absolute Gasteiger partial charge is 0.237 e. The van der Waals surface area contributed by atoms with Gasteiger partial charge in [-0.25, -0.2) is 9.59 Å². The second kappa shape index (κ2) is 6.79. The van der Waals surface area contributed by atoms with Crippen molar-refractivity contribution in [3.8, 4) is 0 Å². The van der Waals surface area contributed by atoms with Crippen molar-refractivity contribution in [3.05, 3.63) is 0 Å². The van der Waals surface area contributed by atoms with Gasteiger partial charge in [0.05, 0.1) is 0 Å². The third-order valence-corrected chi connectivity index (χ3v) is 5.07. The van der Waals surface area contributed by atoms with E-state index in [0.717, 1.165) is 25.7 Å². The summed E-state index contributed by atoms with van der Waals surface area (Å²) in [6.07, 6.45) is 14.4. The molecule has 2 fully saturated rings. The lowest BCUT2D eigenvalue weighted by molar-refractivity contribution is 0.0426. The molecule has 0 radical (unpaired) electrons. The van der Waals surface area contributed by atoms with Crippen molar-refractivity contribution < 1.29 is 9.59 Å². The summed E-state index contributed by atoms with van der Waals surface area (Å²) in [6.45, 7) is 0. The minimum atomic E-state index is -0.550. The zero-order valence-corrected chi connectivity index (χ0v) is 11.4. The van der Waals surface area contributed by atoms with E-state index in [-0.39, 0.29) is 5.41 Å². The highest BCUT2D eigenvalue weighted by Crippen LogP contribution is 2.51. The van der Waals surface area contributed by atoms with E-state index in [0.29, 0.717) is 5.92 Å². The number of aliphatic imine (C=N–C) groups is 2. The quantitative estimate of drug-likeness (QED) is 0.575. The van der Waals surface area contributed by atoms with E-state index in [1.54, 1.807) is 12.2 Å². The normalized spacial score (nSPS) is 24.8. The van der Waals surface area contributed by atoms with Gasteiger partial charge in [-0.05, 0) is 31.6 Å². The van der Waals surface area contributed by atoms with E-state index in [4.69, 9.17) is 0 Å². The van der Waals surface area contributed by atoms with Gasteiger partial charge in [0, 0.05) is 5.41 Å². The summed E-state index contributed by atoms with van der Waals surface area (Å²) >= 11 is 0. The van der Waals surface area contributed by atoms with Crippen LogP contribution in [0.3, 0.4) is 0 Å². The summed E-state index contributed by atoms with van der Waals surface area (Å²) in [5.41, 5.74) is -0.0898. The van der Waals surface area contributed by atoms with E-state index >= 15 is 0 Å². The van der Waals surface area contributed by atoms with Gasteiger partial charge in [-0.1, -0.05) is 38.5 Å². The molecule has 0 aromatic rings. The predicted molar refractivity (Wildman–Crippen MR) is 72.1 cm³/mol. The maximum Gasteiger partial charge on any atom is 0.237 e. The second-order valence-corrected chi connectivity index (χ2v) is 5.94. The molecule has 0 heterocycles.